The van der Waals surface area contributed by atoms with Crippen molar-refractivity contribution in [2.24, 2.45) is 0 Å². The third-order valence-corrected chi connectivity index (χ3v) is 26.8. The quantitative estimate of drug-likeness (QED) is 0.115. The molecule has 113 heavy (non-hydrogen) atoms. The molecular weight excluding hydrogens is 1380 g/mol. The van der Waals surface area contributed by atoms with E-state index in [4.69, 9.17) is 0 Å². The van der Waals surface area contributed by atoms with Gasteiger partial charge in [0, 0.05) is 36.6 Å². The predicted molar refractivity (Wildman–Crippen MR) is 489 cm³/mol. The summed E-state index contributed by atoms with van der Waals surface area (Å²) in [6.07, 6.45) is 0. The summed E-state index contributed by atoms with van der Waals surface area (Å²) in [7, 11) is 0. The molecular formula is C112H74S. The Morgan fingerprint density at radius 1 is 0.177 bits per heavy atom. The van der Waals surface area contributed by atoms with Gasteiger partial charge in [-0.05, 0) is 232 Å². The summed E-state index contributed by atoms with van der Waals surface area (Å²) in [6.45, 7) is 9.68. The van der Waals surface area contributed by atoms with Gasteiger partial charge in [0.1, 0.15) is 0 Å². The summed E-state index contributed by atoms with van der Waals surface area (Å²) in [5.74, 6) is 0. The maximum Gasteiger partial charge on any atom is 0.0434 e. The van der Waals surface area contributed by atoms with Crippen molar-refractivity contribution in [3.8, 4) is 89.0 Å². The van der Waals surface area contributed by atoms with Crippen molar-refractivity contribution in [1.29, 1.82) is 0 Å². The lowest BCUT2D eigenvalue weighted by atomic mass is 9.76. The molecule has 0 bridgehead atoms. The third-order valence-electron chi connectivity index (χ3n) is 25.6. The molecule has 1 aromatic heterocycles. The molecule has 22 aromatic rings. The minimum absolute atomic E-state index is 0.136. The smallest absolute Gasteiger partial charge is 0.0434 e. The average Bonchev–Trinajstić information content (AvgIpc) is 1.55. The summed E-state index contributed by atoms with van der Waals surface area (Å²) < 4.78 is 2.68. The topological polar surface area (TPSA) is 0 Å². The van der Waals surface area contributed by atoms with Gasteiger partial charge in [-0.15, -0.1) is 11.3 Å². The first-order chi connectivity index (χ1) is 55.6. The molecule has 0 N–H and O–H groups in total. The first-order valence-corrected chi connectivity index (χ1v) is 40.5. The third kappa shape index (κ3) is 9.62. The van der Waals surface area contributed by atoms with Crippen LogP contribution >= 0.6 is 11.3 Å². The Morgan fingerprint density at radius 2 is 0.549 bits per heavy atom. The Morgan fingerprint density at radius 3 is 1.14 bits per heavy atom. The van der Waals surface area contributed by atoms with Crippen molar-refractivity contribution < 1.29 is 0 Å². The lowest BCUT2D eigenvalue weighted by Gasteiger charge is -2.26. The Balaban J connectivity index is 0.000000134. The average molecular weight is 1450 g/mol. The lowest BCUT2D eigenvalue weighted by Crippen LogP contribution is -2.17. The van der Waals surface area contributed by atoms with Crippen LogP contribution < -0.4 is 0 Å². The van der Waals surface area contributed by atoms with Crippen LogP contribution in [0.15, 0.2) is 376 Å². The zero-order valence-corrected chi connectivity index (χ0v) is 64.0. The van der Waals surface area contributed by atoms with Crippen LogP contribution in [-0.2, 0) is 10.8 Å². The maximum absolute atomic E-state index is 2.45. The maximum atomic E-state index is 2.45. The Labute approximate surface area is 660 Å². The minimum atomic E-state index is -0.199. The van der Waals surface area contributed by atoms with Crippen LogP contribution in [0.4, 0.5) is 0 Å². The van der Waals surface area contributed by atoms with Gasteiger partial charge in [-0.2, -0.15) is 0 Å². The SMILES string of the molecule is CC1(C)c2c(-c3cccc(-c4c5ccccc5c(-c5cccc6c5sc5ccccc56)c5ccccc45)c3)cccc2-c2c1c1ccccc1c1ccccc21.CC1(C)c2cccc(-c3ccc(-c4c5ccccc5c(-c5ccc6c(ccc7ccccc76)c5)c5ccccc45)cc3)c2-c2c1c1ccccc1c1ccccc21. The molecule has 0 nitrogen and oxygen atoms in total. The fourth-order valence-corrected chi connectivity index (χ4v) is 22.1. The first-order valence-electron chi connectivity index (χ1n) is 39.7. The number of hydrogen-bond acceptors (Lipinski definition) is 1. The van der Waals surface area contributed by atoms with E-state index in [1.807, 2.05) is 11.3 Å². The second kappa shape index (κ2) is 25.0. The molecule has 21 aromatic carbocycles. The highest BCUT2D eigenvalue weighted by molar-refractivity contribution is 7.26. The van der Waals surface area contributed by atoms with E-state index in [0.29, 0.717) is 0 Å². The molecule has 2 aliphatic rings. The van der Waals surface area contributed by atoms with E-state index in [1.165, 1.54) is 239 Å². The lowest BCUT2D eigenvalue weighted by molar-refractivity contribution is 0.666. The molecule has 0 amide bonds. The monoisotopic (exact) mass is 1450 g/mol. The van der Waals surface area contributed by atoms with Gasteiger partial charge in [-0.3, -0.25) is 0 Å². The highest BCUT2D eigenvalue weighted by Gasteiger charge is 2.42. The van der Waals surface area contributed by atoms with Crippen molar-refractivity contribution in [3.63, 3.8) is 0 Å². The van der Waals surface area contributed by atoms with Crippen molar-refractivity contribution in [2.45, 2.75) is 38.5 Å². The van der Waals surface area contributed by atoms with Crippen molar-refractivity contribution >= 4 is 139 Å². The summed E-state index contributed by atoms with van der Waals surface area (Å²) >= 11 is 1.91. The van der Waals surface area contributed by atoms with Crippen LogP contribution in [0.25, 0.3) is 217 Å². The molecule has 24 rings (SSSR count). The Kier molecular flexibility index (Phi) is 14.4. The van der Waals surface area contributed by atoms with Crippen LogP contribution in [0.2, 0.25) is 0 Å². The molecule has 0 atom stereocenters. The van der Waals surface area contributed by atoms with E-state index < -0.39 is 0 Å². The molecule has 1 heterocycles. The largest absolute Gasteiger partial charge is 0.135 e. The fourth-order valence-electron chi connectivity index (χ4n) is 20.9. The molecule has 0 aliphatic heterocycles. The van der Waals surface area contributed by atoms with Gasteiger partial charge in [0.05, 0.1) is 0 Å². The molecule has 0 unspecified atom stereocenters. The minimum Gasteiger partial charge on any atom is -0.135 e. The molecule has 1 heteroatoms. The number of fused-ring (bicyclic) bond motifs is 26. The molecule has 0 radical (unpaired) electrons. The number of benzene rings is 21. The second-order valence-corrected chi connectivity index (χ2v) is 33.3. The summed E-state index contributed by atoms with van der Waals surface area (Å²) in [4.78, 5) is 0. The molecule has 0 fully saturated rings. The van der Waals surface area contributed by atoms with Crippen molar-refractivity contribution in [3.05, 3.63) is 398 Å². The van der Waals surface area contributed by atoms with Crippen LogP contribution in [0.5, 0.6) is 0 Å². The van der Waals surface area contributed by atoms with Crippen LogP contribution in [0, 0.1) is 0 Å². The molecule has 0 spiro atoms. The highest BCUT2D eigenvalue weighted by Crippen LogP contribution is 2.60. The Hall–Kier alpha value is -13.6. The summed E-state index contributed by atoms with van der Waals surface area (Å²) in [5, 5.41) is 28.7. The normalized spacial score (nSPS) is 13.3. The van der Waals surface area contributed by atoms with Crippen LogP contribution in [-0.4, -0.2) is 0 Å². The standard InChI is InChI=1S/C57H38.C55H36S/c1-57(2)51-25-13-24-42(54(51)55-45-18-7-5-16-43(45)44-17-6-12-23-50(44)56(55)57)36-26-29-37(30-27-36)52-46-19-8-10-21-48(46)53(49-22-11-9-20-47(49)52)39-32-33-41-38(34-39)31-28-35-14-3-4-15-40(35)41;1-55(2)52-35(27-14-29-46(52)51-39-21-5-3-18-36(39)37-19-4-10-26-44(37)53(51)55)33-16-13-17-34(32-33)49-40-22-6-8-24-42(40)50(43-25-9-7-23-41(43)49)47-30-15-28-45-38-20-11-12-31-48(38)56-54(45)47/h3-34H,1-2H3;3-32H,1-2H3. The summed E-state index contributed by atoms with van der Waals surface area (Å²) in [5.41, 5.74) is 26.1. The second-order valence-electron chi connectivity index (χ2n) is 32.2. The summed E-state index contributed by atoms with van der Waals surface area (Å²) in [6, 6.07) is 141. The van der Waals surface area contributed by atoms with Gasteiger partial charge in [-0.1, -0.05) is 386 Å². The Bertz CT molecular complexity index is 7740. The van der Waals surface area contributed by atoms with E-state index in [2.05, 4.69) is 404 Å². The van der Waals surface area contributed by atoms with Crippen LogP contribution in [0.3, 0.4) is 0 Å². The van der Waals surface area contributed by atoms with E-state index in [1.54, 1.807) is 0 Å². The first kappa shape index (κ1) is 65.3. The molecule has 0 saturated carbocycles. The van der Waals surface area contributed by atoms with Gasteiger partial charge in [0.25, 0.3) is 0 Å². The number of hydrogen-bond donors (Lipinski definition) is 0. The van der Waals surface area contributed by atoms with Crippen LogP contribution in [0.1, 0.15) is 49.9 Å². The predicted octanol–water partition coefficient (Wildman–Crippen LogP) is 31.9. The van der Waals surface area contributed by atoms with Gasteiger partial charge in [0.15, 0.2) is 0 Å². The number of rotatable bonds is 6. The molecule has 528 valence electrons. The van der Waals surface area contributed by atoms with E-state index in [-0.39, 0.29) is 10.8 Å². The van der Waals surface area contributed by atoms with E-state index in [0.717, 1.165) is 0 Å². The molecule has 0 saturated heterocycles. The van der Waals surface area contributed by atoms with Gasteiger partial charge >= 0.3 is 0 Å². The van der Waals surface area contributed by atoms with Crippen molar-refractivity contribution in [1.82, 2.24) is 0 Å². The number of thiophene rings is 1. The van der Waals surface area contributed by atoms with Gasteiger partial charge < -0.3 is 0 Å². The van der Waals surface area contributed by atoms with E-state index >= 15 is 0 Å². The zero-order valence-electron chi connectivity index (χ0n) is 63.2. The highest BCUT2D eigenvalue weighted by atomic mass is 32.1. The van der Waals surface area contributed by atoms with Crippen molar-refractivity contribution in [2.75, 3.05) is 0 Å². The zero-order chi connectivity index (χ0) is 75.0. The van der Waals surface area contributed by atoms with Gasteiger partial charge in [-0.25, -0.2) is 0 Å². The van der Waals surface area contributed by atoms with E-state index in [9.17, 15) is 0 Å². The fraction of sp³-hybridized carbons (Fsp3) is 0.0536. The molecule has 2 aliphatic carbocycles. The van der Waals surface area contributed by atoms with Gasteiger partial charge in [0.2, 0.25) is 0 Å².